The lowest BCUT2D eigenvalue weighted by Crippen LogP contribution is -2.48. The first kappa shape index (κ1) is 13.9. The summed E-state index contributed by atoms with van der Waals surface area (Å²) in [7, 11) is 1.58. The molecule has 1 atom stereocenters. The molecule has 0 spiro atoms. The molecule has 0 aromatic carbocycles. The van der Waals surface area contributed by atoms with Gasteiger partial charge in [0.05, 0.1) is 12.6 Å². The maximum atomic E-state index is 11.6. The molecule has 0 aliphatic heterocycles. The smallest absolute Gasteiger partial charge is 0.239 e. The highest BCUT2D eigenvalue weighted by Crippen LogP contribution is 2.01. The highest BCUT2D eigenvalue weighted by molar-refractivity contribution is 5.87. The molecule has 5 heteroatoms. The van der Waals surface area contributed by atoms with E-state index in [2.05, 4.69) is 5.32 Å². The van der Waals surface area contributed by atoms with Gasteiger partial charge in [-0.05, 0) is 12.8 Å². The second-order valence-electron chi connectivity index (χ2n) is 3.92. The third-order valence-corrected chi connectivity index (χ3v) is 2.13. The molecule has 0 aromatic heterocycles. The van der Waals surface area contributed by atoms with Crippen LogP contribution in [0.1, 0.15) is 20.8 Å². The van der Waals surface area contributed by atoms with Crippen LogP contribution in [-0.2, 0) is 9.59 Å². The summed E-state index contributed by atoms with van der Waals surface area (Å²) in [5, 5.41) is 2.63. The molecule has 0 aliphatic rings. The zero-order valence-electron chi connectivity index (χ0n) is 9.91. The van der Waals surface area contributed by atoms with Crippen molar-refractivity contribution in [3.05, 3.63) is 0 Å². The molecule has 0 unspecified atom stereocenters. The number of nitrogens with two attached hydrogens (primary N) is 1. The van der Waals surface area contributed by atoms with Gasteiger partial charge in [0.15, 0.2) is 0 Å². The van der Waals surface area contributed by atoms with Crippen LogP contribution in [0.2, 0.25) is 0 Å². The molecule has 5 nitrogen and oxygen atoms in total. The normalized spacial score (nSPS) is 12.4. The summed E-state index contributed by atoms with van der Waals surface area (Å²) in [6.45, 7) is 6.22. The Morgan fingerprint density at radius 3 is 2.33 bits per heavy atom. The highest BCUT2D eigenvalue weighted by atomic mass is 16.2. The minimum atomic E-state index is -0.538. The summed E-state index contributed by atoms with van der Waals surface area (Å²) in [5.74, 6) is -0.283. The lowest BCUT2D eigenvalue weighted by Gasteiger charge is -2.22. The zero-order valence-corrected chi connectivity index (χ0v) is 9.91. The maximum absolute atomic E-state index is 11.6. The number of carbonyl (C=O) groups excluding carboxylic acids is 2. The second-order valence-corrected chi connectivity index (χ2v) is 3.92. The summed E-state index contributed by atoms with van der Waals surface area (Å²) >= 11 is 0. The Balaban J connectivity index is 4.15. The standard InChI is InChI=1S/C10H21N3O2/c1-5-12-8(14)6-13(4)10(15)9(11)7(2)3/h7,9H,5-6,11H2,1-4H3,(H,12,14)/t9-/m1/s1. The van der Waals surface area contributed by atoms with E-state index in [9.17, 15) is 9.59 Å². The summed E-state index contributed by atoms with van der Waals surface area (Å²) in [6.07, 6.45) is 0. The van der Waals surface area contributed by atoms with Crippen LogP contribution in [0.15, 0.2) is 0 Å². The van der Waals surface area contributed by atoms with Gasteiger partial charge < -0.3 is 16.0 Å². The lowest BCUT2D eigenvalue weighted by atomic mass is 10.0. The molecular weight excluding hydrogens is 194 g/mol. The first-order chi connectivity index (χ1) is 6.90. The summed E-state index contributed by atoms with van der Waals surface area (Å²) in [6, 6.07) is -0.538. The fraction of sp³-hybridized carbons (Fsp3) is 0.800. The monoisotopic (exact) mass is 215 g/mol. The zero-order chi connectivity index (χ0) is 12.0. The van der Waals surface area contributed by atoms with Crippen LogP contribution >= 0.6 is 0 Å². The van der Waals surface area contributed by atoms with Gasteiger partial charge in [-0.1, -0.05) is 13.8 Å². The van der Waals surface area contributed by atoms with E-state index in [-0.39, 0.29) is 24.3 Å². The van der Waals surface area contributed by atoms with E-state index in [1.165, 1.54) is 4.90 Å². The number of hydrogen-bond acceptors (Lipinski definition) is 3. The van der Waals surface area contributed by atoms with Gasteiger partial charge in [-0.25, -0.2) is 0 Å². The molecule has 0 fully saturated rings. The van der Waals surface area contributed by atoms with Crippen LogP contribution in [-0.4, -0.2) is 42.9 Å². The van der Waals surface area contributed by atoms with Crippen molar-refractivity contribution in [2.24, 2.45) is 11.7 Å². The van der Waals surface area contributed by atoms with Crippen LogP contribution in [0.5, 0.6) is 0 Å². The number of nitrogens with zero attached hydrogens (tertiary/aromatic N) is 1. The van der Waals surface area contributed by atoms with Gasteiger partial charge in [0.1, 0.15) is 0 Å². The molecule has 0 saturated heterocycles. The van der Waals surface area contributed by atoms with Crippen molar-refractivity contribution in [2.75, 3.05) is 20.1 Å². The van der Waals surface area contributed by atoms with Gasteiger partial charge in [-0.15, -0.1) is 0 Å². The predicted octanol–water partition coefficient (Wildman–Crippen LogP) is -0.436. The SMILES string of the molecule is CCNC(=O)CN(C)C(=O)[C@H](N)C(C)C. The summed E-state index contributed by atoms with van der Waals surface area (Å²) in [4.78, 5) is 24.2. The summed E-state index contributed by atoms with van der Waals surface area (Å²) < 4.78 is 0. The van der Waals surface area contributed by atoms with E-state index in [1.54, 1.807) is 7.05 Å². The van der Waals surface area contributed by atoms with Crippen molar-refractivity contribution in [1.29, 1.82) is 0 Å². The molecule has 15 heavy (non-hydrogen) atoms. The van der Waals surface area contributed by atoms with Gasteiger partial charge in [0, 0.05) is 13.6 Å². The van der Waals surface area contributed by atoms with Gasteiger partial charge in [-0.2, -0.15) is 0 Å². The average Bonchev–Trinajstić information content (AvgIpc) is 2.15. The van der Waals surface area contributed by atoms with Gasteiger partial charge in [0.2, 0.25) is 11.8 Å². The van der Waals surface area contributed by atoms with Gasteiger partial charge in [-0.3, -0.25) is 9.59 Å². The van der Waals surface area contributed by atoms with Crippen LogP contribution in [0.25, 0.3) is 0 Å². The minimum Gasteiger partial charge on any atom is -0.355 e. The van der Waals surface area contributed by atoms with Crippen LogP contribution in [0.4, 0.5) is 0 Å². The van der Waals surface area contributed by atoms with Crippen molar-refractivity contribution in [2.45, 2.75) is 26.8 Å². The van der Waals surface area contributed by atoms with Gasteiger partial charge >= 0.3 is 0 Å². The fourth-order valence-electron chi connectivity index (χ4n) is 1.09. The molecule has 3 N–H and O–H groups in total. The Morgan fingerprint density at radius 1 is 1.40 bits per heavy atom. The number of carbonyl (C=O) groups is 2. The first-order valence-corrected chi connectivity index (χ1v) is 5.17. The van der Waals surface area contributed by atoms with Crippen LogP contribution in [0.3, 0.4) is 0 Å². The van der Waals surface area contributed by atoms with Crippen molar-refractivity contribution < 1.29 is 9.59 Å². The Hall–Kier alpha value is -1.10. The second kappa shape index (κ2) is 6.40. The van der Waals surface area contributed by atoms with E-state index in [0.29, 0.717) is 6.54 Å². The van der Waals surface area contributed by atoms with Gasteiger partial charge in [0.25, 0.3) is 0 Å². The van der Waals surface area contributed by atoms with E-state index >= 15 is 0 Å². The average molecular weight is 215 g/mol. The molecule has 0 rings (SSSR count). The Labute approximate surface area is 91.0 Å². The minimum absolute atomic E-state index is 0.0626. The number of hydrogen-bond donors (Lipinski definition) is 2. The summed E-state index contributed by atoms with van der Waals surface area (Å²) in [5.41, 5.74) is 5.69. The largest absolute Gasteiger partial charge is 0.355 e. The van der Waals surface area contributed by atoms with E-state index in [0.717, 1.165) is 0 Å². The Morgan fingerprint density at radius 2 is 1.93 bits per heavy atom. The molecule has 0 saturated carbocycles. The molecule has 0 bridgehead atoms. The fourth-order valence-corrected chi connectivity index (χ4v) is 1.09. The molecule has 0 heterocycles. The number of nitrogens with one attached hydrogen (secondary N) is 1. The molecular formula is C10H21N3O2. The van der Waals surface area contributed by atoms with E-state index in [1.807, 2.05) is 20.8 Å². The molecule has 0 aromatic rings. The van der Waals surface area contributed by atoms with E-state index < -0.39 is 6.04 Å². The van der Waals surface area contributed by atoms with E-state index in [4.69, 9.17) is 5.73 Å². The molecule has 2 amide bonds. The lowest BCUT2D eigenvalue weighted by molar-refractivity contribution is -0.136. The Kier molecular flexibility index (Phi) is 5.93. The molecule has 0 aliphatic carbocycles. The third kappa shape index (κ3) is 4.78. The highest BCUT2D eigenvalue weighted by Gasteiger charge is 2.22. The molecule has 88 valence electrons. The first-order valence-electron chi connectivity index (χ1n) is 5.17. The topological polar surface area (TPSA) is 75.4 Å². The maximum Gasteiger partial charge on any atom is 0.239 e. The predicted molar refractivity (Wildman–Crippen MR) is 59.1 cm³/mol. The van der Waals surface area contributed by atoms with Crippen molar-refractivity contribution in [3.63, 3.8) is 0 Å². The number of rotatable bonds is 5. The van der Waals surface area contributed by atoms with Crippen molar-refractivity contribution in [3.8, 4) is 0 Å². The van der Waals surface area contributed by atoms with Crippen molar-refractivity contribution in [1.82, 2.24) is 10.2 Å². The molecule has 0 radical (unpaired) electrons. The van der Waals surface area contributed by atoms with Crippen LogP contribution < -0.4 is 11.1 Å². The van der Waals surface area contributed by atoms with Crippen molar-refractivity contribution >= 4 is 11.8 Å². The number of likely N-dealkylation sites (N-methyl/N-ethyl adjacent to an activating group) is 2. The van der Waals surface area contributed by atoms with Crippen LogP contribution in [0, 0.1) is 5.92 Å². The quantitative estimate of drug-likeness (QED) is 0.653. The third-order valence-electron chi connectivity index (χ3n) is 2.13. The Bertz CT molecular complexity index is 229. The number of amides is 2.